The molecule has 0 fully saturated rings. The number of nitrogens with zero attached hydrogens (tertiary/aromatic N) is 2. The van der Waals surface area contributed by atoms with Gasteiger partial charge in [0, 0.05) is 11.3 Å². The average molecular weight is 466 g/mol. The first-order chi connectivity index (χ1) is 14.4. The Morgan fingerprint density at radius 3 is 2.29 bits per heavy atom. The van der Waals surface area contributed by atoms with Gasteiger partial charge in [-0.3, -0.25) is 9.36 Å². The van der Waals surface area contributed by atoms with Gasteiger partial charge in [-0.25, -0.2) is 22.8 Å². The molecule has 1 heterocycles. The molecule has 2 aromatic carbocycles. The van der Waals surface area contributed by atoms with Crippen molar-refractivity contribution in [2.75, 3.05) is 16.5 Å². The van der Waals surface area contributed by atoms with Crippen LogP contribution >= 0.6 is 7.60 Å². The predicted molar refractivity (Wildman–Crippen MR) is 110 cm³/mol. The van der Waals surface area contributed by atoms with Gasteiger partial charge in [-0.15, -0.1) is 0 Å². The molecule has 0 saturated heterocycles. The fourth-order valence-electron chi connectivity index (χ4n) is 2.56. The fraction of sp³-hybridized carbons (Fsp3) is 0.0556. The number of nitrogen functional groups attached to an aromatic ring is 1. The number of rotatable bonds is 6. The first-order valence-corrected chi connectivity index (χ1v) is 12.0. The molecule has 162 valence electrons. The number of amides is 1. The van der Waals surface area contributed by atoms with E-state index in [-0.39, 0.29) is 22.1 Å². The van der Waals surface area contributed by atoms with Crippen LogP contribution < -0.4 is 11.1 Å². The number of nitrogens with one attached hydrogen (secondary N) is 1. The van der Waals surface area contributed by atoms with Crippen LogP contribution in [0.3, 0.4) is 0 Å². The van der Waals surface area contributed by atoms with Gasteiger partial charge in [-0.1, -0.05) is 0 Å². The van der Waals surface area contributed by atoms with Crippen molar-refractivity contribution in [1.82, 2.24) is 9.97 Å². The maximum absolute atomic E-state index is 13.1. The second-order valence-electron chi connectivity index (χ2n) is 6.38. The minimum absolute atomic E-state index is 0.149. The van der Waals surface area contributed by atoms with Crippen LogP contribution in [0, 0.1) is 5.82 Å². The Kier molecular flexibility index (Phi) is 6.18. The molecule has 10 nitrogen and oxygen atoms in total. The van der Waals surface area contributed by atoms with Crippen LogP contribution in [0.25, 0.3) is 11.3 Å². The molecule has 0 spiro atoms. The summed E-state index contributed by atoms with van der Waals surface area (Å²) in [7, 11) is -8.98. The van der Waals surface area contributed by atoms with Crippen molar-refractivity contribution in [3.8, 4) is 11.3 Å². The van der Waals surface area contributed by atoms with E-state index in [0.717, 1.165) is 12.1 Å². The van der Waals surface area contributed by atoms with Gasteiger partial charge in [0.2, 0.25) is 0 Å². The highest BCUT2D eigenvalue weighted by Crippen LogP contribution is 2.38. The summed E-state index contributed by atoms with van der Waals surface area (Å²) in [4.78, 5) is 38.1. The molecule has 31 heavy (non-hydrogen) atoms. The average Bonchev–Trinajstić information content (AvgIpc) is 2.67. The lowest BCUT2D eigenvalue weighted by molar-refractivity contribution is 0.102. The van der Waals surface area contributed by atoms with Gasteiger partial charge in [0.05, 0.1) is 16.8 Å². The largest absolute Gasteiger partial charge is 0.382 e. The second-order valence-corrected chi connectivity index (χ2v) is 10.4. The highest BCUT2D eigenvalue weighted by Gasteiger charge is 2.26. The lowest BCUT2D eigenvalue weighted by Gasteiger charge is -2.10. The third kappa shape index (κ3) is 5.70. The number of benzene rings is 2. The van der Waals surface area contributed by atoms with Gasteiger partial charge in [0.25, 0.3) is 5.91 Å². The van der Waals surface area contributed by atoms with E-state index in [1.165, 1.54) is 42.6 Å². The van der Waals surface area contributed by atoms with Crippen molar-refractivity contribution in [1.29, 1.82) is 0 Å². The summed E-state index contributed by atoms with van der Waals surface area (Å²) >= 11 is 0. The van der Waals surface area contributed by atoms with Crippen molar-refractivity contribution in [3.05, 3.63) is 66.2 Å². The highest BCUT2D eigenvalue weighted by molar-refractivity contribution is 7.97. The Balaban J connectivity index is 1.81. The molecule has 0 unspecified atom stereocenters. The molecule has 0 radical (unpaired) electrons. The Bertz CT molecular complexity index is 1280. The highest BCUT2D eigenvalue weighted by atomic mass is 32.2. The standard InChI is InChI=1S/C18H16FN4O6PS/c19-12-3-1-11(2-4-12)15-9-21-17(20)16(23-15)18(24)22-13-5-7-14(8-6-13)31(28,29)10-30(25,26)27/h1-9H,10H2,(H2,20,21)(H,22,24)(H2,25,26,27). The first-order valence-electron chi connectivity index (χ1n) is 8.52. The zero-order chi connectivity index (χ0) is 22.8. The fourth-order valence-corrected chi connectivity index (χ4v) is 5.48. The molecule has 1 amide bonds. The maximum Gasteiger partial charge on any atom is 0.340 e. The van der Waals surface area contributed by atoms with Crippen LogP contribution in [0.2, 0.25) is 0 Å². The lowest BCUT2D eigenvalue weighted by Crippen LogP contribution is -2.17. The van der Waals surface area contributed by atoms with Crippen LogP contribution in [0.5, 0.6) is 0 Å². The normalized spacial score (nSPS) is 11.8. The molecule has 5 N–H and O–H groups in total. The van der Waals surface area contributed by atoms with Crippen molar-refractivity contribution < 1.29 is 32.0 Å². The smallest absolute Gasteiger partial charge is 0.340 e. The van der Waals surface area contributed by atoms with Crippen molar-refractivity contribution in [2.45, 2.75) is 4.90 Å². The molecule has 0 atom stereocenters. The Labute approximate surface area is 176 Å². The molecule has 0 saturated carbocycles. The van der Waals surface area contributed by atoms with Crippen molar-refractivity contribution in [3.63, 3.8) is 0 Å². The van der Waals surface area contributed by atoms with E-state index >= 15 is 0 Å². The maximum atomic E-state index is 13.1. The third-order valence-electron chi connectivity index (χ3n) is 3.97. The van der Waals surface area contributed by atoms with E-state index in [1.807, 2.05) is 0 Å². The summed E-state index contributed by atoms with van der Waals surface area (Å²) in [6, 6.07) is 10.1. The minimum atomic E-state index is -4.77. The number of nitrogens with two attached hydrogens (primary N) is 1. The molecular formula is C18H16FN4O6PS. The van der Waals surface area contributed by atoms with E-state index in [9.17, 15) is 22.2 Å². The Morgan fingerprint density at radius 2 is 1.71 bits per heavy atom. The number of carbonyl (C=O) groups is 1. The number of sulfone groups is 1. The van der Waals surface area contributed by atoms with E-state index in [0.29, 0.717) is 11.3 Å². The molecule has 13 heteroatoms. The zero-order valence-corrected chi connectivity index (χ0v) is 17.3. The van der Waals surface area contributed by atoms with Crippen LogP contribution in [0.15, 0.2) is 59.6 Å². The second kappa shape index (κ2) is 8.52. The molecular weight excluding hydrogens is 450 g/mol. The Hall–Kier alpha value is -3.18. The number of carbonyl (C=O) groups excluding carboxylic acids is 1. The minimum Gasteiger partial charge on any atom is -0.382 e. The summed E-state index contributed by atoms with van der Waals surface area (Å²) < 4.78 is 48.1. The third-order valence-corrected chi connectivity index (χ3v) is 7.66. The zero-order valence-electron chi connectivity index (χ0n) is 15.6. The number of hydrogen-bond donors (Lipinski definition) is 4. The summed E-state index contributed by atoms with van der Waals surface area (Å²) in [5.41, 5.74) is 5.21. The van der Waals surface area contributed by atoms with Gasteiger partial charge in [-0.2, -0.15) is 0 Å². The quantitative estimate of drug-likeness (QED) is 0.396. The van der Waals surface area contributed by atoms with Crippen LogP contribution in [-0.2, 0) is 14.4 Å². The van der Waals surface area contributed by atoms with E-state index < -0.39 is 34.7 Å². The topological polar surface area (TPSA) is 173 Å². The van der Waals surface area contributed by atoms with Crippen LogP contribution in [0.1, 0.15) is 10.5 Å². The summed E-state index contributed by atoms with van der Waals surface area (Å²) in [6.07, 6.45) is 1.33. The van der Waals surface area contributed by atoms with E-state index in [2.05, 4.69) is 15.3 Å². The van der Waals surface area contributed by atoms with E-state index in [1.54, 1.807) is 0 Å². The molecule has 0 bridgehead atoms. The molecule has 0 aliphatic carbocycles. The Morgan fingerprint density at radius 1 is 1.10 bits per heavy atom. The monoisotopic (exact) mass is 466 g/mol. The van der Waals surface area contributed by atoms with Gasteiger partial charge in [0.15, 0.2) is 26.8 Å². The van der Waals surface area contributed by atoms with Crippen molar-refractivity contribution >= 4 is 34.8 Å². The van der Waals surface area contributed by atoms with Gasteiger partial charge < -0.3 is 20.8 Å². The van der Waals surface area contributed by atoms with Crippen LogP contribution in [0.4, 0.5) is 15.9 Å². The molecule has 0 aliphatic heterocycles. The van der Waals surface area contributed by atoms with E-state index in [4.69, 9.17) is 15.5 Å². The summed E-state index contributed by atoms with van der Waals surface area (Å²) in [6.45, 7) is 0. The molecule has 1 aromatic heterocycles. The SMILES string of the molecule is Nc1ncc(-c2ccc(F)cc2)nc1C(=O)Nc1ccc(S(=O)(=O)CP(=O)(O)O)cc1. The predicted octanol–water partition coefficient (Wildman–Crippen LogP) is 2.03. The number of hydrogen-bond acceptors (Lipinski definition) is 7. The molecule has 3 aromatic rings. The van der Waals surface area contributed by atoms with Gasteiger partial charge in [-0.05, 0) is 48.5 Å². The summed E-state index contributed by atoms with van der Waals surface area (Å²) in [5.74, 6) is -1.31. The molecule has 0 aliphatic rings. The van der Waals surface area contributed by atoms with Crippen molar-refractivity contribution in [2.24, 2.45) is 0 Å². The number of halogens is 1. The molecule has 3 rings (SSSR count). The van der Waals surface area contributed by atoms with Gasteiger partial charge in [0.1, 0.15) is 5.82 Å². The number of anilines is 2. The summed E-state index contributed by atoms with van der Waals surface area (Å²) in [5, 5.41) is 2.48. The lowest BCUT2D eigenvalue weighted by atomic mass is 10.1. The first kappa shape index (κ1) is 22.5. The van der Waals surface area contributed by atoms with Crippen LogP contribution in [-0.4, -0.2) is 39.6 Å². The van der Waals surface area contributed by atoms with Gasteiger partial charge >= 0.3 is 7.60 Å². The number of aromatic nitrogens is 2.